The van der Waals surface area contributed by atoms with E-state index in [2.05, 4.69) is 5.32 Å². The summed E-state index contributed by atoms with van der Waals surface area (Å²) in [5.41, 5.74) is -2.36. The van der Waals surface area contributed by atoms with Crippen molar-refractivity contribution >= 4 is 5.69 Å². The smallest absolute Gasteiger partial charge is 0.384 e. The minimum Gasteiger partial charge on any atom is -0.384 e. The predicted octanol–water partition coefficient (Wildman–Crippen LogP) is 6.14. The lowest BCUT2D eigenvalue weighted by atomic mass is 9.88. The van der Waals surface area contributed by atoms with Gasteiger partial charge in [0.1, 0.15) is 0 Å². The summed E-state index contributed by atoms with van der Waals surface area (Å²) in [5.74, 6) is -2.94. The molecule has 0 aromatic heterocycles. The number of nitrogens with one attached hydrogen (secondary N) is 1. The number of hydrogen-bond acceptors (Lipinski definition) is 1. The summed E-state index contributed by atoms with van der Waals surface area (Å²) < 4.78 is 105. The van der Waals surface area contributed by atoms with Crippen LogP contribution in [0.5, 0.6) is 0 Å². The number of rotatable bonds is 1. The molecule has 1 unspecified atom stereocenters. The third-order valence-electron chi connectivity index (χ3n) is 4.57. The summed E-state index contributed by atoms with van der Waals surface area (Å²) in [6.45, 7) is -0.0491. The van der Waals surface area contributed by atoms with E-state index in [0.29, 0.717) is 11.6 Å². The zero-order valence-electron chi connectivity index (χ0n) is 13.6. The Balaban J connectivity index is 1.97. The SMILES string of the molecule is Fc1cc2c(cc1F)NCC(c1ccc(C(F)(F)F)cc1C(F)(F)F)CC2. The van der Waals surface area contributed by atoms with Gasteiger partial charge in [-0.1, -0.05) is 6.07 Å². The number of benzene rings is 2. The van der Waals surface area contributed by atoms with Crippen LogP contribution >= 0.6 is 0 Å². The highest BCUT2D eigenvalue weighted by Gasteiger charge is 2.39. The molecule has 0 saturated carbocycles. The first-order valence-electron chi connectivity index (χ1n) is 7.97. The van der Waals surface area contributed by atoms with Gasteiger partial charge in [0.15, 0.2) is 11.6 Å². The second-order valence-electron chi connectivity index (χ2n) is 6.34. The number of aryl methyl sites for hydroxylation is 1. The van der Waals surface area contributed by atoms with E-state index < -0.39 is 41.0 Å². The van der Waals surface area contributed by atoms with Crippen LogP contribution in [0.15, 0.2) is 30.3 Å². The van der Waals surface area contributed by atoms with Crippen LogP contribution in [-0.4, -0.2) is 6.54 Å². The van der Waals surface area contributed by atoms with Crippen LogP contribution in [-0.2, 0) is 18.8 Å². The molecule has 27 heavy (non-hydrogen) atoms. The van der Waals surface area contributed by atoms with E-state index in [-0.39, 0.29) is 36.7 Å². The molecular weight excluding hydrogens is 382 g/mol. The lowest BCUT2D eigenvalue weighted by Gasteiger charge is -2.22. The van der Waals surface area contributed by atoms with Gasteiger partial charge in [-0.15, -0.1) is 0 Å². The van der Waals surface area contributed by atoms with Crippen molar-refractivity contribution < 1.29 is 35.1 Å². The number of anilines is 1. The topological polar surface area (TPSA) is 12.0 Å². The Labute approximate surface area is 149 Å². The van der Waals surface area contributed by atoms with Crippen LogP contribution in [0.2, 0.25) is 0 Å². The maximum absolute atomic E-state index is 13.4. The number of alkyl halides is 6. The lowest BCUT2D eigenvalue weighted by molar-refractivity contribution is -0.143. The van der Waals surface area contributed by atoms with Crippen LogP contribution in [0.25, 0.3) is 0 Å². The molecule has 0 amide bonds. The van der Waals surface area contributed by atoms with Crippen LogP contribution < -0.4 is 5.32 Å². The zero-order valence-corrected chi connectivity index (χ0v) is 13.6. The first kappa shape index (κ1) is 19.4. The van der Waals surface area contributed by atoms with E-state index in [1.165, 1.54) is 0 Å². The highest BCUT2D eigenvalue weighted by molar-refractivity contribution is 5.53. The second kappa shape index (κ2) is 6.69. The van der Waals surface area contributed by atoms with Gasteiger partial charge in [-0.05, 0) is 42.2 Å². The molecule has 3 rings (SSSR count). The van der Waals surface area contributed by atoms with Crippen molar-refractivity contribution in [3.63, 3.8) is 0 Å². The van der Waals surface area contributed by atoms with Gasteiger partial charge >= 0.3 is 12.4 Å². The third-order valence-corrected chi connectivity index (χ3v) is 4.57. The standard InChI is InChI=1S/C18H13F8N/c19-14-5-9-1-2-10(8-27-16(9)7-15(14)20)12-4-3-11(17(21,22)23)6-13(12)18(24,25)26/h3-7,10,27H,1-2,8H2. The zero-order chi connectivity index (χ0) is 20.0. The highest BCUT2D eigenvalue weighted by atomic mass is 19.4. The van der Waals surface area contributed by atoms with Crippen molar-refractivity contribution in [3.05, 3.63) is 64.2 Å². The Morgan fingerprint density at radius 1 is 0.852 bits per heavy atom. The molecule has 0 radical (unpaired) electrons. The molecule has 0 aliphatic carbocycles. The molecule has 0 spiro atoms. The number of hydrogen-bond donors (Lipinski definition) is 1. The molecule has 9 heteroatoms. The van der Waals surface area contributed by atoms with Crippen LogP contribution in [0, 0.1) is 11.6 Å². The molecule has 1 aliphatic heterocycles. The molecule has 2 aromatic carbocycles. The van der Waals surface area contributed by atoms with Gasteiger partial charge in [0.25, 0.3) is 0 Å². The van der Waals surface area contributed by atoms with E-state index in [9.17, 15) is 35.1 Å². The quantitative estimate of drug-likeness (QED) is 0.572. The Kier molecular flexibility index (Phi) is 4.81. The van der Waals surface area contributed by atoms with Gasteiger partial charge in [0.2, 0.25) is 0 Å². The van der Waals surface area contributed by atoms with Gasteiger partial charge in [-0.2, -0.15) is 26.3 Å². The number of fused-ring (bicyclic) bond motifs is 1. The first-order chi connectivity index (χ1) is 12.5. The van der Waals surface area contributed by atoms with Gasteiger partial charge in [-0.3, -0.25) is 0 Å². The van der Waals surface area contributed by atoms with Crippen LogP contribution in [0.4, 0.5) is 40.8 Å². The minimum absolute atomic E-state index is 0.0491. The van der Waals surface area contributed by atoms with E-state index in [0.717, 1.165) is 18.2 Å². The van der Waals surface area contributed by atoms with Crippen molar-refractivity contribution in [2.45, 2.75) is 31.1 Å². The van der Waals surface area contributed by atoms with Crippen LogP contribution in [0.1, 0.15) is 34.6 Å². The maximum Gasteiger partial charge on any atom is 0.416 e. The fraction of sp³-hybridized carbons (Fsp3) is 0.333. The molecule has 0 bridgehead atoms. The van der Waals surface area contributed by atoms with E-state index >= 15 is 0 Å². The van der Waals surface area contributed by atoms with Gasteiger partial charge in [0, 0.05) is 24.2 Å². The molecule has 1 aliphatic rings. The molecule has 1 nitrogen and oxygen atoms in total. The molecule has 1 heterocycles. The van der Waals surface area contributed by atoms with E-state index in [4.69, 9.17) is 0 Å². The highest BCUT2D eigenvalue weighted by Crippen LogP contribution is 2.41. The summed E-state index contributed by atoms with van der Waals surface area (Å²) in [6, 6.07) is 3.44. The number of halogens is 8. The second-order valence-corrected chi connectivity index (χ2v) is 6.34. The van der Waals surface area contributed by atoms with E-state index in [1.807, 2.05) is 0 Å². The normalized spacial score (nSPS) is 17.9. The average molecular weight is 395 g/mol. The largest absolute Gasteiger partial charge is 0.416 e. The molecule has 0 fully saturated rings. The van der Waals surface area contributed by atoms with Gasteiger partial charge in [0.05, 0.1) is 11.1 Å². The Morgan fingerprint density at radius 3 is 2.15 bits per heavy atom. The third kappa shape index (κ3) is 4.01. The summed E-state index contributed by atoms with van der Waals surface area (Å²) in [5, 5.41) is 2.77. The Hall–Kier alpha value is -2.32. The summed E-state index contributed by atoms with van der Waals surface area (Å²) in [4.78, 5) is 0. The Bertz CT molecular complexity index is 821. The summed E-state index contributed by atoms with van der Waals surface area (Å²) in [6.07, 6.45) is -9.57. The molecule has 1 N–H and O–H groups in total. The van der Waals surface area contributed by atoms with Crippen molar-refractivity contribution in [1.29, 1.82) is 0 Å². The molecule has 2 aromatic rings. The van der Waals surface area contributed by atoms with Crippen molar-refractivity contribution in [2.75, 3.05) is 11.9 Å². The maximum atomic E-state index is 13.4. The lowest BCUT2D eigenvalue weighted by Crippen LogP contribution is -2.18. The van der Waals surface area contributed by atoms with Crippen molar-refractivity contribution in [3.8, 4) is 0 Å². The van der Waals surface area contributed by atoms with Gasteiger partial charge in [-0.25, -0.2) is 8.78 Å². The average Bonchev–Trinajstić information content (AvgIpc) is 2.75. The summed E-state index contributed by atoms with van der Waals surface area (Å²) >= 11 is 0. The molecule has 0 saturated heterocycles. The summed E-state index contributed by atoms with van der Waals surface area (Å²) in [7, 11) is 0. The minimum atomic E-state index is -4.96. The van der Waals surface area contributed by atoms with Crippen LogP contribution in [0.3, 0.4) is 0 Å². The monoisotopic (exact) mass is 395 g/mol. The molecule has 146 valence electrons. The Morgan fingerprint density at radius 2 is 1.52 bits per heavy atom. The molecular formula is C18H13F8N. The fourth-order valence-corrected chi connectivity index (χ4v) is 3.22. The van der Waals surface area contributed by atoms with Crippen molar-refractivity contribution in [2.24, 2.45) is 0 Å². The first-order valence-corrected chi connectivity index (χ1v) is 7.97. The predicted molar refractivity (Wildman–Crippen MR) is 82.4 cm³/mol. The molecule has 1 atom stereocenters. The van der Waals surface area contributed by atoms with E-state index in [1.54, 1.807) is 0 Å². The van der Waals surface area contributed by atoms with Crippen molar-refractivity contribution in [1.82, 2.24) is 0 Å². The van der Waals surface area contributed by atoms with Gasteiger partial charge < -0.3 is 5.32 Å². The fourth-order valence-electron chi connectivity index (χ4n) is 3.22.